The molecule has 0 aliphatic rings. The van der Waals surface area contributed by atoms with Crippen molar-refractivity contribution in [2.75, 3.05) is 0 Å². The van der Waals surface area contributed by atoms with Crippen molar-refractivity contribution in [3.05, 3.63) is 39.3 Å². The molecular formula is C11H10BrNS. The minimum atomic E-state index is 1.10. The van der Waals surface area contributed by atoms with Gasteiger partial charge < -0.3 is 0 Å². The third-order valence-corrected chi connectivity index (χ3v) is 3.72. The lowest BCUT2D eigenvalue weighted by atomic mass is 10.2. The van der Waals surface area contributed by atoms with Crippen molar-refractivity contribution < 1.29 is 0 Å². The fraction of sp³-hybridized carbons (Fsp3) is 0.182. The molecule has 0 saturated heterocycles. The molecular weight excluding hydrogens is 258 g/mol. The zero-order chi connectivity index (χ0) is 10.1. The fourth-order valence-electron chi connectivity index (χ4n) is 1.22. The minimum absolute atomic E-state index is 1.10. The van der Waals surface area contributed by atoms with E-state index in [1.54, 1.807) is 11.3 Å². The van der Waals surface area contributed by atoms with Gasteiger partial charge in [0.2, 0.25) is 0 Å². The van der Waals surface area contributed by atoms with E-state index < -0.39 is 0 Å². The Morgan fingerprint density at radius 1 is 1.29 bits per heavy atom. The van der Waals surface area contributed by atoms with Gasteiger partial charge in [-0.15, -0.1) is 11.3 Å². The van der Waals surface area contributed by atoms with Crippen LogP contribution >= 0.6 is 27.3 Å². The average Bonchev–Trinajstić information content (AvgIpc) is 2.47. The number of thiazole rings is 1. The second-order valence-corrected chi connectivity index (χ2v) is 5.29. The molecule has 2 aromatic rings. The number of halogens is 1. The average molecular weight is 268 g/mol. The van der Waals surface area contributed by atoms with Crippen LogP contribution in [0.4, 0.5) is 0 Å². The van der Waals surface area contributed by atoms with Crippen LogP contribution in [0, 0.1) is 13.8 Å². The maximum Gasteiger partial charge on any atom is 0.123 e. The van der Waals surface area contributed by atoms with Crippen molar-refractivity contribution in [2.45, 2.75) is 13.8 Å². The normalized spacial score (nSPS) is 10.5. The predicted molar refractivity (Wildman–Crippen MR) is 64.7 cm³/mol. The summed E-state index contributed by atoms with van der Waals surface area (Å²) in [5, 5.41) is 1.10. The Morgan fingerprint density at radius 2 is 2.07 bits per heavy atom. The molecule has 0 amide bonds. The molecule has 1 aromatic carbocycles. The van der Waals surface area contributed by atoms with Crippen molar-refractivity contribution in [1.29, 1.82) is 0 Å². The van der Waals surface area contributed by atoms with Crippen LogP contribution in [0.25, 0.3) is 10.6 Å². The van der Waals surface area contributed by atoms with E-state index in [2.05, 4.69) is 40.0 Å². The third kappa shape index (κ3) is 1.88. The van der Waals surface area contributed by atoms with Crippen LogP contribution < -0.4 is 0 Å². The number of aryl methyl sites for hydroxylation is 2. The maximum atomic E-state index is 4.52. The number of hydrogen-bond acceptors (Lipinski definition) is 2. The van der Waals surface area contributed by atoms with E-state index in [4.69, 9.17) is 0 Å². The van der Waals surface area contributed by atoms with Crippen LogP contribution in [0.15, 0.2) is 28.7 Å². The molecule has 72 valence electrons. The predicted octanol–water partition coefficient (Wildman–Crippen LogP) is 4.19. The lowest BCUT2D eigenvalue weighted by molar-refractivity contribution is 1.23. The molecule has 0 bridgehead atoms. The molecule has 0 N–H and O–H groups in total. The van der Waals surface area contributed by atoms with E-state index in [1.807, 2.05) is 19.1 Å². The van der Waals surface area contributed by atoms with E-state index in [1.165, 1.54) is 10.4 Å². The number of nitrogens with zero attached hydrogens (tertiary/aromatic N) is 1. The van der Waals surface area contributed by atoms with Crippen LogP contribution in [0.3, 0.4) is 0 Å². The molecule has 0 aliphatic heterocycles. The summed E-state index contributed by atoms with van der Waals surface area (Å²) in [6.45, 7) is 4.15. The van der Waals surface area contributed by atoms with Gasteiger partial charge in [0.1, 0.15) is 5.01 Å². The Balaban J connectivity index is 2.49. The maximum absolute atomic E-state index is 4.52. The van der Waals surface area contributed by atoms with Gasteiger partial charge in [0.25, 0.3) is 0 Å². The van der Waals surface area contributed by atoms with E-state index in [0.717, 1.165) is 15.2 Å². The Bertz CT molecular complexity index is 443. The number of aromatic nitrogens is 1. The number of hydrogen-bond donors (Lipinski definition) is 0. The summed E-state index contributed by atoms with van der Waals surface area (Å²) in [4.78, 5) is 5.81. The standard InChI is InChI=1S/C11H10BrNS/c1-7-8(2)14-11(13-7)9-4-3-5-10(12)6-9/h3-6H,1-2H3. The molecule has 0 saturated carbocycles. The monoisotopic (exact) mass is 267 g/mol. The van der Waals surface area contributed by atoms with Gasteiger partial charge in [-0.2, -0.15) is 0 Å². The van der Waals surface area contributed by atoms with E-state index in [-0.39, 0.29) is 0 Å². The van der Waals surface area contributed by atoms with Crippen molar-refractivity contribution in [1.82, 2.24) is 4.98 Å². The van der Waals surface area contributed by atoms with Crippen LogP contribution in [-0.4, -0.2) is 4.98 Å². The van der Waals surface area contributed by atoms with Crippen molar-refractivity contribution >= 4 is 27.3 Å². The number of rotatable bonds is 1. The van der Waals surface area contributed by atoms with Crippen molar-refractivity contribution in [3.8, 4) is 10.6 Å². The highest BCUT2D eigenvalue weighted by atomic mass is 79.9. The summed E-state index contributed by atoms with van der Waals surface area (Å²) in [6.07, 6.45) is 0. The van der Waals surface area contributed by atoms with E-state index >= 15 is 0 Å². The highest BCUT2D eigenvalue weighted by Crippen LogP contribution is 2.28. The molecule has 0 unspecified atom stereocenters. The molecule has 0 spiro atoms. The summed E-state index contributed by atoms with van der Waals surface area (Å²) in [5.41, 5.74) is 2.31. The largest absolute Gasteiger partial charge is 0.241 e. The third-order valence-electron chi connectivity index (χ3n) is 2.10. The first-order chi connectivity index (χ1) is 6.66. The van der Waals surface area contributed by atoms with Crippen molar-refractivity contribution in [3.63, 3.8) is 0 Å². The van der Waals surface area contributed by atoms with Gasteiger partial charge >= 0.3 is 0 Å². The fourth-order valence-corrected chi connectivity index (χ4v) is 2.53. The zero-order valence-electron chi connectivity index (χ0n) is 8.04. The molecule has 14 heavy (non-hydrogen) atoms. The summed E-state index contributed by atoms with van der Waals surface area (Å²) < 4.78 is 1.10. The quantitative estimate of drug-likeness (QED) is 0.755. The molecule has 2 rings (SSSR count). The summed E-state index contributed by atoms with van der Waals surface area (Å²) in [5.74, 6) is 0. The summed E-state index contributed by atoms with van der Waals surface area (Å²) in [7, 11) is 0. The zero-order valence-corrected chi connectivity index (χ0v) is 10.4. The second kappa shape index (κ2) is 3.83. The minimum Gasteiger partial charge on any atom is -0.241 e. The van der Waals surface area contributed by atoms with Crippen LogP contribution in [0.1, 0.15) is 10.6 Å². The Kier molecular flexibility index (Phi) is 2.70. The van der Waals surface area contributed by atoms with Gasteiger partial charge in [-0.3, -0.25) is 0 Å². The number of benzene rings is 1. The van der Waals surface area contributed by atoms with Crippen LogP contribution in [0.2, 0.25) is 0 Å². The molecule has 1 heterocycles. The topological polar surface area (TPSA) is 12.9 Å². The first-order valence-corrected chi connectivity index (χ1v) is 5.98. The lowest BCUT2D eigenvalue weighted by Crippen LogP contribution is -1.77. The molecule has 3 heteroatoms. The van der Waals surface area contributed by atoms with Gasteiger partial charge in [0.05, 0.1) is 5.69 Å². The second-order valence-electron chi connectivity index (χ2n) is 3.17. The SMILES string of the molecule is Cc1nc(-c2cccc(Br)c2)sc1C. The van der Waals surface area contributed by atoms with Crippen molar-refractivity contribution in [2.24, 2.45) is 0 Å². The van der Waals surface area contributed by atoms with E-state index in [9.17, 15) is 0 Å². The molecule has 1 nitrogen and oxygen atoms in total. The molecule has 0 radical (unpaired) electrons. The molecule has 1 aromatic heterocycles. The van der Waals surface area contributed by atoms with E-state index in [0.29, 0.717) is 0 Å². The first kappa shape index (κ1) is 9.87. The van der Waals surface area contributed by atoms with Gasteiger partial charge in [-0.05, 0) is 26.0 Å². The Morgan fingerprint density at radius 3 is 2.64 bits per heavy atom. The Hall–Kier alpha value is -0.670. The van der Waals surface area contributed by atoms with Gasteiger partial charge in [-0.25, -0.2) is 4.98 Å². The molecule has 0 atom stereocenters. The highest BCUT2D eigenvalue weighted by molar-refractivity contribution is 9.10. The Labute approximate surface area is 95.9 Å². The summed E-state index contributed by atoms with van der Waals surface area (Å²) >= 11 is 5.21. The molecule has 0 aliphatic carbocycles. The lowest BCUT2D eigenvalue weighted by Gasteiger charge is -1.95. The first-order valence-electron chi connectivity index (χ1n) is 4.37. The highest BCUT2D eigenvalue weighted by Gasteiger charge is 2.05. The van der Waals surface area contributed by atoms with Gasteiger partial charge in [0.15, 0.2) is 0 Å². The summed E-state index contributed by atoms with van der Waals surface area (Å²) in [6, 6.07) is 8.24. The smallest absolute Gasteiger partial charge is 0.123 e. The van der Waals surface area contributed by atoms with Gasteiger partial charge in [0, 0.05) is 14.9 Å². The van der Waals surface area contributed by atoms with Gasteiger partial charge in [-0.1, -0.05) is 28.1 Å². The van der Waals surface area contributed by atoms with Crippen LogP contribution in [-0.2, 0) is 0 Å². The molecule has 0 fully saturated rings. The van der Waals surface area contributed by atoms with Crippen LogP contribution in [0.5, 0.6) is 0 Å².